The van der Waals surface area contributed by atoms with Gasteiger partial charge in [-0.05, 0) is 24.8 Å². The number of anilines is 1. The Balaban J connectivity index is 2.96. The van der Waals surface area contributed by atoms with Crippen LogP contribution >= 0.6 is 11.8 Å². The van der Waals surface area contributed by atoms with E-state index in [1.165, 1.54) is 11.8 Å². The monoisotopic (exact) mass is 269 g/mol. The quantitative estimate of drug-likeness (QED) is 0.609. The molecule has 0 aliphatic rings. The summed E-state index contributed by atoms with van der Waals surface area (Å²) in [6.45, 7) is 1.45. The zero-order valence-electron chi connectivity index (χ0n) is 11.0. The minimum absolute atomic E-state index is 0.380. The molecule has 0 spiro atoms. The van der Waals surface area contributed by atoms with Gasteiger partial charge in [0, 0.05) is 32.2 Å². The molecule has 4 nitrogen and oxygen atoms in total. The largest absolute Gasteiger partial charge is 0.478 e. The Morgan fingerprint density at radius 3 is 2.78 bits per heavy atom. The third kappa shape index (κ3) is 3.65. The SMILES string of the molecule is COCCCN(C)c1cccc(SC)c1C(=O)O. The first-order valence-electron chi connectivity index (χ1n) is 5.72. The highest BCUT2D eigenvalue weighted by atomic mass is 32.2. The molecule has 100 valence electrons. The molecule has 0 saturated heterocycles. The normalized spacial score (nSPS) is 10.4. The summed E-state index contributed by atoms with van der Waals surface area (Å²) in [4.78, 5) is 14.1. The lowest BCUT2D eigenvalue weighted by Crippen LogP contribution is -2.22. The lowest BCUT2D eigenvalue weighted by molar-refractivity contribution is 0.0694. The Morgan fingerprint density at radius 1 is 1.50 bits per heavy atom. The van der Waals surface area contributed by atoms with Crippen LogP contribution in [0.15, 0.2) is 23.1 Å². The summed E-state index contributed by atoms with van der Waals surface area (Å²) in [5.74, 6) is -0.881. The molecule has 1 aromatic rings. The Kier molecular flexibility index (Phi) is 6.01. The van der Waals surface area contributed by atoms with Crippen LogP contribution in [-0.4, -0.2) is 44.6 Å². The topological polar surface area (TPSA) is 49.8 Å². The van der Waals surface area contributed by atoms with Gasteiger partial charge in [-0.2, -0.15) is 0 Å². The van der Waals surface area contributed by atoms with E-state index in [-0.39, 0.29) is 0 Å². The van der Waals surface area contributed by atoms with E-state index in [1.54, 1.807) is 7.11 Å². The van der Waals surface area contributed by atoms with Gasteiger partial charge in [-0.3, -0.25) is 0 Å². The van der Waals surface area contributed by atoms with E-state index >= 15 is 0 Å². The number of aromatic carboxylic acids is 1. The van der Waals surface area contributed by atoms with Gasteiger partial charge in [0.15, 0.2) is 0 Å². The van der Waals surface area contributed by atoms with Crippen LogP contribution in [0.2, 0.25) is 0 Å². The van der Waals surface area contributed by atoms with Gasteiger partial charge < -0.3 is 14.7 Å². The molecule has 5 heteroatoms. The molecule has 0 aromatic heterocycles. The van der Waals surface area contributed by atoms with Crippen molar-refractivity contribution < 1.29 is 14.6 Å². The van der Waals surface area contributed by atoms with Crippen LogP contribution in [0.25, 0.3) is 0 Å². The van der Waals surface area contributed by atoms with Crippen molar-refractivity contribution in [2.75, 3.05) is 38.5 Å². The molecule has 1 aromatic carbocycles. The predicted molar refractivity (Wildman–Crippen MR) is 74.9 cm³/mol. The van der Waals surface area contributed by atoms with E-state index in [9.17, 15) is 9.90 Å². The van der Waals surface area contributed by atoms with Crippen molar-refractivity contribution in [1.82, 2.24) is 0 Å². The molecule has 0 aliphatic carbocycles. The molecular formula is C13H19NO3S. The highest BCUT2D eigenvalue weighted by Crippen LogP contribution is 2.29. The minimum atomic E-state index is -0.881. The Labute approximate surface area is 112 Å². The number of carboxylic acids is 1. The fourth-order valence-electron chi connectivity index (χ4n) is 1.79. The zero-order valence-corrected chi connectivity index (χ0v) is 11.8. The van der Waals surface area contributed by atoms with Crippen molar-refractivity contribution in [3.05, 3.63) is 23.8 Å². The van der Waals surface area contributed by atoms with E-state index in [2.05, 4.69) is 0 Å². The summed E-state index contributed by atoms with van der Waals surface area (Å²) in [5.41, 5.74) is 1.13. The summed E-state index contributed by atoms with van der Waals surface area (Å²) in [7, 11) is 3.57. The predicted octanol–water partition coefficient (Wildman–Crippen LogP) is 2.58. The van der Waals surface area contributed by atoms with Crippen LogP contribution < -0.4 is 4.90 Å². The van der Waals surface area contributed by atoms with E-state index < -0.39 is 5.97 Å². The Hall–Kier alpha value is -1.20. The first-order valence-corrected chi connectivity index (χ1v) is 6.94. The molecular weight excluding hydrogens is 250 g/mol. The molecule has 1 N–H and O–H groups in total. The summed E-state index contributed by atoms with van der Waals surface area (Å²) >= 11 is 1.45. The van der Waals surface area contributed by atoms with Crippen molar-refractivity contribution in [3.63, 3.8) is 0 Å². The molecule has 0 saturated carbocycles. The first kappa shape index (κ1) is 14.9. The number of benzene rings is 1. The van der Waals surface area contributed by atoms with Gasteiger partial charge in [0.2, 0.25) is 0 Å². The number of hydrogen-bond acceptors (Lipinski definition) is 4. The van der Waals surface area contributed by atoms with Gasteiger partial charge in [0.1, 0.15) is 0 Å². The van der Waals surface area contributed by atoms with Gasteiger partial charge in [-0.1, -0.05) is 6.07 Å². The van der Waals surface area contributed by atoms with Crippen molar-refractivity contribution in [1.29, 1.82) is 0 Å². The number of nitrogens with zero attached hydrogens (tertiary/aromatic N) is 1. The van der Waals surface area contributed by atoms with Crippen LogP contribution in [0.1, 0.15) is 16.8 Å². The third-order valence-corrected chi connectivity index (χ3v) is 3.47. The minimum Gasteiger partial charge on any atom is -0.478 e. The van der Waals surface area contributed by atoms with Crippen LogP contribution in [-0.2, 0) is 4.74 Å². The molecule has 0 amide bonds. The zero-order chi connectivity index (χ0) is 13.5. The molecule has 0 fully saturated rings. The van der Waals surface area contributed by atoms with Crippen molar-refractivity contribution in [3.8, 4) is 0 Å². The van der Waals surface area contributed by atoms with Gasteiger partial charge in [0.05, 0.1) is 11.3 Å². The van der Waals surface area contributed by atoms with Gasteiger partial charge in [-0.25, -0.2) is 4.79 Å². The van der Waals surface area contributed by atoms with Crippen molar-refractivity contribution in [2.45, 2.75) is 11.3 Å². The molecule has 0 bridgehead atoms. The average molecular weight is 269 g/mol. The first-order chi connectivity index (χ1) is 8.61. The maximum Gasteiger partial charge on any atom is 0.338 e. The molecule has 0 aliphatic heterocycles. The summed E-state index contributed by atoms with van der Waals surface area (Å²) in [5, 5.41) is 9.33. The number of methoxy groups -OCH3 is 1. The molecule has 0 radical (unpaired) electrons. The lowest BCUT2D eigenvalue weighted by Gasteiger charge is -2.22. The average Bonchev–Trinajstić information content (AvgIpc) is 2.37. The smallest absolute Gasteiger partial charge is 0.338 e. The van der Waals surface area contributed by atoms with E-state index in [1.807, 2.05) is 36.4 Å². The van der Waals surface area contributed by atoms with Crippen LogP contribution in [0.3, 0.4) is 0 Å². The fourth-order valence-corrected chi connectivity index (χ4v) is 2.40. The molecule has 18 heavy (non-hydrogen) atoms. The maximum atomic E-state index is 11.4. The van der Waals surface area contributed by atoms with E-state index in [0.29, 0.717) is 12.2 Å². The number of hydrogen-bond donors (Lipinski definition) is 1. The lowest BCUT2D eigenvalue weighted by atomic mass is 10.1. The number of ether oxygens (including phenoxy) is 1. The number of carboxylic acid groups (broad SMARTS) is 1. The highest BCUT2D eigenvalue weighted by molar-refractivity contribution is 7.98. The van der Waals surface area contributed by atoms with Crippen LogP contribution in [0.4, 0.5) is 5.69 Å². The second kappa shape index (κ2) is 7.28. The van der Waals surface area contributed by atoms with Crippen molar-refractivity contribution in [2.24, 2.45) is 0 Å². The van der Waals surface area contributed by atoms with Crippen LogP contribution in [0, 0.1) is 0 Å². The van der Waals surface area contributed by atoms with E-state index in [0.717, 1.165) is 23.5 Å². The number of carbonyl (C=O) groups is 1. The standard InChI is InChI=1S/C13H19NO3S/c1-14(8-5-9-17-2)10-6-4-7-11(18-3)12(10)13(15)16/h4,6-7H,5,8-9H2,1-3H3,(H,15,16). The molecule has 1 rings (SSSR count). The third-order valence-electron chi connectivity index (χ3n) is 2.69. The second-order valence-corrected chi connectivity index (χ2v) is 4.78. The van der Waals surface area contributed by atoms with E-state index in [4.69, 9.17) is 4.74 Å². The summed E-state index contributed by atoms with van der Waals surface area (Å²) in [6.07, 6.45) is 2.76. The Bertz CT molecular complexity index is 409. The number of rotatable bonds is 7. The molecule has 0 heterocycles. The molecule has 0 unspecified atom stereocenters. The van der Waals surface area contributed by atoms with Gasteiger partial charge in [-0.15, -0.1) is 11.8 Å². The van der Waals surface area contributed by atoms with Crippen LogP contribution in [0.5, 0.6) is 0 Å². The highest BCUT2D eigenvalue weighted by Gasteiger charge is 2.17. The van der Waals surface area contributed by atoms with Gasteiger partial charge >= 0.3 is 5.97 Å². The summed E-state index contributed by atoms with van der Waals surface area (Å²) < 4.78 is 5.00. The van der Waals surface area contributed by atoms with Crippen molar-refractivity contribution >= 4 is 23.4 Å². The summed E-state index contributed by atoms with van der Waals surface area (Å²) in [6, 6.07) is 5.57. The van der Waals surface area contributed by atoms with Gasteiger partial charge in [0.25, 0.3) is 0 Å². The molecule has 0 atom stereocenters. The fraction of sp³-hybridized carbons (Fsp3) is 0.462. The maximum absolute atomic E-state index is 11.4. The second-order valence-electron chi connectivity index (χ2n) is 3.93. The Morgan fingerprint density at radius 2 is 2.22 bits per heavy atom. The number of thioether (sulfide) groups is 1.